The van der Waals surface area contributed by atoms with Gasteiger partial charge in [0.2, 0.25) is 5.91 Å². The van der Waals surface area contributed by atoms with Gasteiger partial charge in [0.1, 0.15) is 5.75 Å². The van der Waals surface area contributed by atoms with Crippen LogP contribution < -0.4 is 11.1 Å². The highest BCUT2D eigenvalue weighted by atomic mass is 16.3. The number of hydrogen-bond acceptors (Lipinski definition) is 10. The number of phenols is 1. The van der Waals surface area contributed by atoms with Gasteiger partial charge in [-0.1, -0.05) is 6.07 Å². The number of rotatable bonds is 9. The lowest BCUT2D eigenvalue weighted by Crippen LogP contribution is -2.74. The van der Waals surface area contributed by atoms with Crippen molar-refractivity contribution in [3.8, 4) is 5.75 Å². The molecule has 212 valence electrons. The molecule has 0 radical (unpaired) electrons. The van der Waals surface area contributed by atoms with Crippen LogP contribution in [0.25, 0.3) is 0 Å². The number of ketones is 4. The Morgan fingerprint density at radius 1 is 1.10 bits per heavy atom. The van der Waals surface area contributed by atoms with Crippen LogP contribution in [0.5, 0.6) is 5.75 Å². The van der Waals surface area contributed by atoms with Crippen LogP contribution in [0, 0.1) is 23.7 Å². The first-order valence-corrected chi connectivity index (χ1v) is 13.4. The normalized spacial score (nSPS) is 30.4. The molecule has 11 nitrogen and oxygen atoms in total. The molecule has 4 rings (SSSR count). The molecule has 11 heteroatoms. The summed E-state index contributed by atoms with van der Waals surface area (Å²) in [6.07, 6.45) is 2.30. The van der Waals surface area contributed by atoms with E-state index in [1.54, 1.807) is 20.2 Å². The van der Waals surface area contributed by atoms with Crippen molar-refractivity contribution < 1.29 is 34.2 Å². The summed E-state index contributed by atoms with van der Waals surface area (Å²) in [4.78, 5) is 69.7. The maximum Gasteiger partial charge on any atom is 0.235 e. The van der Waals surface area contributed by atoms with E-state index in [0.717, 1.165) is 31.5 Å². The van der Waals surface area contributed by atoms with Crippen LogP contribution >= 0.6 is 0 Å². The van der Waals surface area contributed by atoms with Crippen molar-refractivity contribution in [2.45, 2.75) is 43.9 Å². The summed E-state index contributed by atoms with van der Waals surface area (Å²) in [7, 11) is 7.17. The molecular formula is C28H38N4O7. The average Bonchev–Trinajstić information content (AvgIpc) is 2.84. The van der Waals surface area contributed by atoms with Crippen LogP contribution in [-0.4, -0.2) is 102 Å². The number of unbranched alkanes of at least 4 members (excludes halogenated alkanes) is 1. The third-order valence-electron chi connectivity index (χ3n) is 8.57. The fourth-order valence-electron chi connectivity index (χ4n) is 6.74. The minimum atomic E-state index is -2.71. The van der Waals surface area contributed by atoms with Gasteiger partial charge in [-0.3, -0.25) is 28.9 Å². The number of primary amides is 1. The quantitative estimate of drug-likeness (QED) is 0.231. The third kappa shape index (κ3) is 4.82. The molecule has 3 unspecified atom stereocenters. The zero-order chi connectivity index (χ0) is 28.8. The second kappa shape index (κ2) is 10.9. The number of aliphatic hydroxyl groups is 1. The molecule has 1 aromatic carbocycles. The number of fused-ring (bicyclic) bond motifs is 3. The maximum atomic E-state index is 13.8. The van der Waals surface area contributed by atoms with E-state index < -0.39 is 64.4 Å². The minimum absolute atomic E-state index is 0.0218. The van der Waals surface area contributed by atoms with E-state index in [-0.39, 0.29) is 24.2 Å². The topological polar surface area (TPSA) is 170 Å². The van der Waals surface area contributed by atoms with Crippen LogP contribution in [-0.2, 0) is 32.1 Å². The Balaban J connectivity index is 1.67. The molecule has 0 bridgehead atoms. The van der Waals surface area contributed by atoms with Crippen LogP contribution in [0.15, 0.2) is 12.1 Å². The summed E-state index contributed by atoms with van der Waals surface area (Å²) in [5.74, 6) is -10.3. The number of phenolic OH excluding ortho intramolecular Hbond substituents is 1. The highest BCUT2D eigenvalue weighted by molar-refractivity contribution is 6.32. The Bertz CT molecular complexity index is 1210. The molecule has 3 aliphatic rings. The van der Waals surface area contributed by atoms with E-state index in [1.165, 1.54) is 11.0 Å². The second-order valence-electron chi connectivity index (χ2n) is 11.6. The first-order valence-electron chi connectivity index (χ1n) is 13.4. The molecule has 0 saturated heterocycles. The molecular weight excluding hydrogens is 504 g/mol. The summed E-state index contributed by atoms with van der Waals surface area (Å²) in [6.45, 7) is 2.22. The van der Waals surface area contributed by atoms with Crippen molar-refractivity contribution in [2.24, 2.45) is 29.4 Å². The second-order valence-corrected chi connectivity index (χ2v) is 11.6. The van der Waals surface area contributed by atoms with Crippen LogP contribution in [0.4, 0.5) is 0 Å². The standard InChI is InChI=1S/C28H38N4O7/c1-31(2)10-6-5-9-30-13-14-7-8-18(33)20-16(14)11-15-12-17-22(32(3)4)24(35)21(27(29)38)26(37)28(17,39)25(36)19(15)23(20)34/h7-8,15,17,19,21-22,30,33,39H,5-6,9-13H2,1-4H3,(H2,29,38)/t15-,17-,19?,21?,22?,28-/m0/s1. The molecule has 5 N–H and O–H groups in total. The Morgan fingerprint density at radius 2 is 1.79 bits per heavy atom. The molecule has 0 spiro atoms. The molecule has 1 aromatic rings. The Labute approximate surface area is 227 Å². The van der Waals surface area contributed by atoms with Gasteiger partial charge in [-0.2, -0.15) is 0 Å². The van der Waals surface area contributed by atoms with E-state index in [0.29, 0.717) is 12.1 Å². The Hall–Kier alpha value is -2.99. The van der Waals surface area contributed by atoms with Gasteiger partial charge in [0.05, 0.1) is 17.5 Å². The first-order chi connectivity index (χ1) is 18.3. The predicted molar refractivity (Wildman–Crippen MR) is 141 cm³/mol. The number of nitrogens with two attached hydrogens (primary N) is 1. The monoisotopic (exact) mass is 542 g/mol. The lowest BCUT2D eigenvalue weighted by atomic mass is 9.52. The highest BCUT2D eigenvalue weighted by Gasteiger charge is 2.69. The van der Waals surface area contributed by atoms with E-state index in [4.69, 9.17) is 5.73 Å². The zero-order valence-corrected chi connectivity index (χ0v) is 22.9. The molecule has 6 atom stereocenters. The van der Waals surface area contributed by atoms with Crippen LogP contribution in [0.3, 0.4) is 0 Å². The molecule has 2 fully saturated rings. The minimum Gasteiger partial charge on any atom is -0.507 e. The Morgan fingerprint density at radius 3 is 2.41 bits per heavy atom. The zero-order valence-electron chi connectivity index (χ0n) is 22.9. The summed E-state index contributed by atoms with van der Waals surface area (Å²) >= 11 is 0. The van der Waals surface area contributed by atoms with Gasteiger partial charge in [0, 0.05) is 12.5 Å². The molecule has 0 aromatic heterocycles. The van der Waals surface area contributed by atoms with Crippen LogP contribution in [0.1, 0.15) is 40.7 Å². The summed E-state index contributed by atoms with van der Waals surface area (Å²) in [5.41, 5.74) is 4.11. The van der Waals surface area contributed by atoms with Gasteiger partial charge in [-0.05, 0) is 90.1 Å². The van der Waals surface area contributed by atoms with Gasteiger partial charge in [-0.15, -0.1) is 0 Å². The molecule has 1 amide bonds. The van der Waals surface area contributed by atoms with Gasteiger partial charge in [0.15, 0.2) is 34.7 Å². The summed E-state index contributed by atoms with van der Waals surface area (Å²) < 4.78 is 0. The summed E-state index contributed by atoms with van der Waals surface area (Å²) in [6, 6.07) is 2.06. The maximum absolute atomic E-state index is 13.8. The number of Topliss-reactive ketones (excluding diaryl/α,β-unsaturated/α-hetero) is 4. The van der Waals surface area contributed by atoms with E-state index in [9.17, 15) is 34.2 Å². The fraction of sp³-hybridized carbons (Fsp3) is 0.607. The van der Waals surface area contributed by atoms with Crippen molar-refractivity contribution >= 4 is 29.0 Å². The number of amides is 1. The van der Waals surface area contributed by atoms with E-state index in [2.05, 4.69) is 10.2 Å². The van der Waals surface area contributed by atoms with Gasteiger partial charge >= 0.3 is 0 Å². The molecule has 39 heavy (non-hydrogen) atoms. The largest absolute Gasteiger partial charge is 0.507 e. The fourth-order valence-corrected chi connectivity index (χ4v) is 6.74. The summed E-state index contributed by atoms with van der Waals surface area (Å²) in [5, 5.41) is 25.6. The number of carbonyl (C=O) groups is 5. The van der Waals surface area contributed by atoms with E-state index >= 15 is 0 Å². The van der Waals surface area contributed by atoms with Crippen molar-refractivity contribution in [1.29, 1.82) is 0 Å². The van der Waals surface area contributed by atoms with Crippen molar-refractivity contribution in [3.05, 3.63) is 28.8 Å². The van der Waals surface area contributed by atoms with Gasteiger partial charge in [0.25, 0.3) is 0 Å². The highest BCUT2D eigenvalue weighted by Crippen LogP contribution is 2.51. The number of carbonyl (C=O) groups excluding carboxylic acids is 5. The number of nitrogens with one attached hydrogen (secondary N) is 1. The number of hydrogen-bond donors (Lipinski definition) is 4. The average molecular weight is 543 g/mol. The number of aromatic hydroxyl groups is 1. The Kier molecular flexibility index (Phi) is 8.09. The molecule has 2 saturated carbocycles. The SMILES string of the molecule is CN(C)CCCCNCc1ccc(O)c2c1C[C@H]1C[C@H]3C(N(C)C)C(=O)C(C(N)=O)C(=O)[C@@]3(O)C(=O)C1C2=O. The lowest BCUT2D eigenvalue weighted by molar-refractivity contribution is -0.181. The molecule has 0 aliphatic heterocycles. The number of nitrogens with zero attached hydrogens (tertiary/aromatic N) is 2. The predicted octanol–water partition coefficient (Wildman–Crippen LogP) is -0.702. The van der Waals surface area contributed by atoms with Crippen molar-refractivity contribution in [1.82, 2.24) is 15.1 Å². The number of likely N-dealkylation sites (N-methyl/N-ethyl adjacent to an activating group) is 1. The van der Waals surface area contributed by atoms with Gasteiger partial charge in [-0.25, -0.2) is 0 Å². The molecule has 0 heterocycles. The van der Waals surface area contributed by atoms with Crippen molar-refractivity contribution in [3.63, 3.8) is 0 Å². The number of benzene rings is 1. The lowest BCUT2D eigenvalue weighted by Gasteiger charge is -2.52. The van der Waals surface area contributed by atoms with Crippen LogP contribution in [0.2, 0.25) is 0 Å². The first kappa shape index (κ1) is 29.0. The third-order valence-corrected chi connectivity index (χ3v) is 8.57. The van der Waals surface area contributed by atoms with Gasteiger partial charge < -0.3 is 26.2 Å². The smallest absolute Gasteiger partial charge is 0.235 e. The van der Waals surface area contributed by atoms with Crippen molar-refractivity contribution in [2.75, 3.05) is 41.3 Å². The molecule has 3 aliphatic carbocycles. The van der Waals surface area contributed by atoms with E-state index in [1.807, 2.05) is 14.1 Å².